The summed E-state index contributed by atoms with van der Waals surface area (Å²) < 4.78 is 27.5. The Morgan fingerprint density at radius 2 is 2.07 bits per heavy atom. The zero-order valence-electron chi connectivity index (χ0n) is 15.1. The van der Waals surface area contributed by atoms with Crippen molar-refractivity contribution in [2.24, 2.45) is 0 Å². The van der Waals surface area contributed by atoms with Crippen molar-refractivity contribution in [1.29, 1.82) is 0 Å². The molecular formula is C20H17FN2O3S. The fourth-order valence-electron chi connectivity index (χ4n) is 3.08. The largest absolute Gasteiger partial charge is 0.464 e. The second-order valence-corrected chi connectivity index (χ2v) is 7.50. The molecule has 0 aliphatic heterocycles. The lowest BCUT2D eigenvalue weighted by Gasteiger charge is -2.07. The summed E-state index contributed by atoms with van der Waals surface area (Å²) in [5.41, 5.74) is 2.34. The first-order valence-corrected chi connectivity index (χ1v) is 9.18. The molecule has 0 saturated carbocycles. The van der Waals surface area contributed by atoms with E-state index in [1.165, 1.54) is 13.2 Å². The third-order valence-corrected chi connectivity index (χ3v) is 5.40. The summed E-state index contributed by atoms with van der Waals surface area (Å²) in [7, 11) is 1.36. The molecule has 0 amide bonds. The highest BCUT2D eigenvalue weighted by Gasteiger charge is 2.21. The van der Waals surface area contributed by atoms with E-state index in [1.54, 1.807) is 36.5 Å². The van der Waals surface area contributed by atoms with Crippen LogP contribution in [0.4, 0.5) is 4.39 Å². The molecule has 0 radical (unpaired) electrons. The molecule has 0 saturated heterocycles. The third kappa shape index (κ3) is 3.04. The summed E-state index contributed by atoms with van der Waals surface area (Å²) in [6.07, 6.45) is 0. The average molecular weight is 384 g/mol. The molecule has 0 unspecified atom stereocenters. The maximum Gasteiger partial charge on any atom is 0.354 e. The van der Waals surface area contributed by atoms with Crippen LogP contribution in [0, 0.1) is 19.7 Å². The number of rotatable bonds is 4. The van der Waals surface area contributed by atoms with Crippen molar-refractivity contribution in [1.82, 2.24) is 9.55 Å². The van der Waals surface area contributed by atoms with Gasteiger partial charge in [-0.1, -0.05) is 12.1 Å². The first-order valence-electron chi connectivity index (χ1n) is 8.37. The molecule has 7 heteroatoms. The van der Waals surface area contributed by atoms with Crippen LogP contribution in [0.3, 0.4) is 0 Å². The van der Waals surface area contributed by atoms with Crippen LogP contribution in [0.25, 0.3) is 21.7 Å². The summed E-state index contributed by atoms with van der Waals surface area (Å²) in [6, 6.07) is 10.2. The minimum Gasteiger partial charge on any atom is -0.464 e. The molecule has 3 heterocycles. The number of carbonyl (C=O) groups is 1. The number of hydrogen-bond acceptors (Lipinski definition) is 5. The number of fused-ring (bicyclic) bond motifs is 1. The fraction of sp³-hybridized carbons (Fsp3) is 0.200. The standard InChI is InChI=1S/C20H17FN2O3S/c1-11-8-16-18(27-11)9-17(20(24)25-3)23(16)10-15-12(2)26-19(22-15)13-6-4-5-7-14(13)21/h4-9H,10H2,1-3H3. The van der Waals surface area contributed by atoms with Gasteiger partial charge in [0.1, 0.15) is 23.0 Å². The Balaban J connectivity index is 1.79. The molecule has 0 aliphatic rings. The fourth-order valence-corrected chi connectivity index (χ4v) is 4.05. The van der Waals surface area contributed by atoms with Gasteiger partial charge in [0.05, 0.1) is 29.4 Å². The van der Waals surface area contributed by atoms with Gasteiger partial charge in [0.2, 0.25) is 5.89 Å². The van der Waals surface area contributed by atoms with E-state index in [2.05, 4.69) is 4.98 Å². The molecule has 3 aromatic heterocycles. The SMILES string of the molecule is COC(=O)c1cc2sc(C)cc2n1Cc1nc(-c2ccccc2F)oc1C. The second-order valence-electron chi connectivity index (χ2n) is 6.22. The molecule has 0 N–H and O–H groups in total. The number of ether oxygens (including phenoxy) is 1. The van der Waals surface area contributed by atoms with Crippen molar-refractivity contribution in [2.75, 3.05) is 7.11 Å². The molecule has 4 aromatic rings. The van der Waals surface area contributed by atoms with E-state index < -0.39 is 11.8 Å². The third-order valence-electron chi connectivity index (χ3n) is 4.41. The van der Waals surface area contributed by atoms with E-state index in [4.69, 9.17) is 9.15 Å². The number of aromatic nitrogens is 2. The molecule has 0 bridgehead atoms. The molecule has 0 atom stereocenters. The zero-order valence-corrected chi connectivity index (χ0v) is 15.9. The normalized spacial score (nSPS) is 11.3. The highest BCUT2D eigenvalue weighted by molar-refractivity contribution is 7.19. The van der Waals surface area contributed by atoms with Gasteiger partial charge in [0, 0.05) is 4.88 Å². The van der Waals surface area contributed by atoms with E-state index >= 15 is 0 Å². The smallest absolute Gasteiger partial charge is 0.354 e. The molecular weight excluding hydrogens is 367 g/mol. The Bertz CT molecular complexity index is 1160. The Hall–Kier alpha value is -2.93. The van der Waals surface area contributed by atoms with Gasteiger partial charge in [-0.15, -0.1) is 11.3 Å². The summed E-state index contributed by atoms with van der Waals surface area (Å²) in [6.45, 7) is 4.13. The van der Waals surface area contributed by atoms with Crippen molar-refractivity contribution in [3.05, 3.63) is 64.2 Å². The van der Waals surface area contributed by atoms with Crippen LogP contribution >= 0.6 is 11.3 Å². The molecule has 1 aromatic carbocycles. The number of carbonyl (C=O) groups excluding carboxylic acids is 1. The highest BCUT2D eigenvalue weighted by Crippen LogP contribution is 2.31. The van der Waals surface area contributed by atoms with Crippen LogP contribution in [-0.4, -0.2) is 22.6 Å². The lowest BCUT2D eigenvalue weighted by molar-refractivity contribution is 0.0589. The topological polar surface area (TPSA) is 57.3 Å². The maximum absolute atomic E-state index is 14.1. The van der Waals surface area contributed by atoms with Gasteiger partial charge < -0.3 is 13.7 Å². The molecule has 138 valence electrons. The lowest BCUT2D eigenvalue weighted by atomic mass is 10.2. The van der Waals surface area contributed by atoms with Crippen molar-refractivity contribution in [3.8, 4) is 11.5 Å². The van der Waals surface area contributed by atoms with Gasteiger partial charge in [-0.05, 0) is 38.1 Å². The predicted octanol–water partition coefficient (Wildman–Crippen LogP) is 4.95. The van der Waals surface area contributed by atoms with Crippen LogP contribution < -0.4 is 0 Å². The van der Waals surface area contributed by atoms with Crippen LogP contribution in [0.15, 0.2) is 40.8 Å². The number of thiophene rings is 1. The molecule has 27 heavy (non-hydrogen) atoms. The van der Waals surface area contributed by atoms with E-state index in [0.29, 0.717) is 29.3 Å². The number of aryl methyl sites for hydroxylation is 2. The monoisotopic (exact) mass is 384 g/mol. The summed E-state index contributed by atoms with van der Waals surface area (Å²) >= 11 is 1.61. The van der Waals surface area contributed by atoms with E-state index in [1.807, 2.05) is 23.6 Å². The Morgan fingerprint density at radius 3 is 2.81 bits per heavy atom. The van der Waals surface area contributed by atoms with E-state index in [9.17, 15) is 9.18 Å². The lowest BCUT2D eigenvalue weighted by Crippen LogP contribution is -2.12. The van der Waals surface area contributed by atoms with Gasteiger partial charge in [-0.3, -0.25) is 0 Å². The number of methoxy groups -OCH3 is 1. The molecule has 0 aliphatic carbocycles. The first-order chi connectivity index (χ1) is 13.0. The molecule has 4 rings (SSSR count). The van der Waals surface area contributed by atoms with E-state index in [0.717, 1.165) is 15.1 Å². The molecule has 0 spiro atoms. The number of halogens is 1. The Labute approximate surface area is 159 Å². The van der Waals surface area contributed by atoms with Crippen LogP contribution in [0.1, 0.15) is 26.8 Å². The summed E-state index contributed by atoms with van der Waals surface area (Å²) in [5, 5.41) is 0. The van der Waals surface area contributed by atoms with Gasteiger partial charge in [0.15, 0.2) is 0 Å². The van der Waals surface area contributed by atoms with Crippen molar-refractivity contribution >= 4 is 27.5 Å². The summed E-state index contributed by atoms with van der Waals surface area (Å²) in [5.74, 6) is 0.00637. The zero-order chi connectivity index (χ0) is 19.1. The summed E-state index contributed by atoms with van der Waals surface area (Å²) in [4.78, 5) is 17.8. The average Bonchev–Trinajstić information content (AvgIpc) is 3.29. The number of esters is 1. The first kappa shape index (κ1) is 17.5. The minimum atomic E-state index is -0.411. The van der Waals surface area contributed by atoms with Crippen LogP contribution in [-0.2, 0) is 11.3 Å². The number of oxazole rings is 1. The molecule has 0 fully saturated rings. The number of benzene rings is 1. The predicted molar refractivity (Wildman–Crippen MR) is 102 cm³/mol. The van der Waals surface area contributed by atoms with Gasteiger partial charge in [0.25, 0.3) is 0 Å². The highest BCUT2D eigenvalue weighted by atomic mass is 32.1. The van der Waals surface area contributed by atoms with Crippen molar-refractivity contribution in [2.45, 2.75) is 20.4 Å². The molecule has 5 nitrogen and oxygen atoms in total. The van der Waals surface area contributed by atoms with Gasteiger partial charge in [-0.25, -0.2) is 14.2 Å². The van der Waals surface area contributed by atoms with Crippen molar-refractivity contribution in [3.63, 3.8) is 0 Å². The number of hydrogen-bond donors (Lipinski definition) is 0. The quantitative estimate of drug-likeness (QED) is 0.467. The van der Waals surface area contributed by atoms with Crippen LogP contribution in [0.5, 0.6) is 0 Å². The second kappa shape index (κ2) is 6.66. The minimum absolute atomic E-state index is 0.227. The van der Waals surface area contributed by atoms with Crippen LogP contribution in [0.2, 0.25) is 0 Å². The van der Waals surface area contributed by atoms with Gasteiger partial charge in [-0.2, -0.15) is 0 Å². The maximum atomic E-state index is 14.1. The number of nitrogens with zero attached hydrogens (tertiary/aromatic N) is 2. The van der Waals surface area contributed by atoms with E-state index in [-0.39, 0.29) is 5.89 Å². The Kier molecular flexibility index (Phi) is 4.31. The van der Waals surface area contributed by atoms with Crippen molar-refractivity contribution < 1.29 is 18.3 Å². The van der Waals surface area contributed by atoms with Gasteiger partial charge >= 0.3 is 5.97 Å². The Morgan fingerprint density at radius 1 is 1.30 bits per heavy atom.